The molecule has 4 aromatic rings. The molecule has 4 heteroatoms. The minimum Gasteiger partial charge on any atom is -1.00 e. The highest BCUT2D eigenvalue weighted by Gasteiger charge is 2.41. The Hall–Kier alpha value is -3.25. The van der Waals surface area contributed by atoms with Gasteiger partial charge in [-0.25, -0.2) is 4.57 Å². The van der Waals surface area contributed by atoms with E-state index in [2.05, 4.69) is 119 Å². The Morgan fingerprint density at radius 2 is 1.42 bits per heavy atom. The molecule has 3 nitrogen and oxygen atoms in total. The molecule has 0 radical (unpaired) electrons. The van der Waals surface area contributed by atoms with Crippen LogP contribution >= 0.6 is 0 Å². The Morgan fingerprint density at radius 1 is 0.818 bits per heavy atom. The van der Waals surface area contributed by atoms with Gasteiger partial charge in [-0.05, 0) is 47.5 Å². The zero-order chi connectivity index (χ0) is 21.9. The van der Waals surface area contributed by atoms with Crippen molar-refractivity contribution in [3.63, 3.8) is 0 Å². The first-order chi connectivity index (χ1) is 15.7. The van der Waals surface area contributed by atoms with Crippen molar-refractivity contribution in [2.75, 3.05) is 11.4 Å². The zero-order valence-electron chi connectivity index (χ0n) is 18.6. The van der Waals surface area contributed by atoms with Crippen LogP contribution in [0.5, 0.6) is 0 Å². The summed E-state index contributed by atoms with van der Waals surface area (Å²) in [6, 6.07) is 33.6. The molecule has 0 fully saturated rings. The Balaban J connectivity index is 0.00000259. The van der Waals surface area contributed by atoms with Crippen LogP contribution < -0.4 is 33.4 Å². The summed E-state index contributed by atoms with van der Waals surface area (Å²) in [6.07, 6.45) is 3.96. The predicted molar refractivity (Wildman–Crippen MR) is 131 cm³/mol. The third kappa shape index (κ3) is 4.48. The van der Waals surface area contributed by atoms with Gasteiger partial charge in [0.1, 0.15) is 7.05 Å². The molecule has 164 valence electrons. The number of aromatic nitrogens is 2. The highest BCUT2D eigenvalue weighted by atomic mass is 127. The van der Waals surface area contributed by atoms with Gasteiger partial charge in [0, 0.05) is 41.8 Å². The van der Waals surface area contributed by atoms with Gasteiger partial charge in [0.15, 0.2) is 11.9 Å². The van der Waals surface area contributed by atoms with E-state index in [1.54, 1.807) is 0 Å². The van der Waals surface area contributed by atoms with Crippen LogP contribution in [0.3, 0.4) is 0 Å². The van der Waals surface area contributed by atoms with E-state index in [0.29, 0.717) is 0 Å². The van der Waals surface area contributed by atoms with Gasteiger partial charge in [-0.1, -0.05) is 55.1 Å². The van der Waals surface area contributed by atoms with E-state index < -0.39 is 0 Å². The van der Waals surface area contributed by atoms with Crippen molar-refractivity contribution in [2.24, 2.45) is 7.05 Å². The summed E-state index contributed by atoms with van der Waals surface area (Å²) < 4.78 is 2.19. The maximum absolute atomic E-state index is 4.66. The van der Waals surface area contributed by atoms with Crippen LogP contribution in [-0.2, 0) is 7.05 Å². The second kappa shape index (κ2) is 10.1. The van der Waals surface area contributed by atoms with Crippen molar-refractivity contribution >= 4 is 16.9 Å². The molecule has 0 aliphatic heterocycles. The van der Waals surface area contributed by atoms with Gasteiger partial charge >= 0.3 is 0 Å². The van der Waals surface area contributed by atoms with Crippen LogP contribution in [0.2, 0.25) is 0 Å². The van der Waals surface area contributed by atoms with Crippen molar-refractivity contribution in [3.8, 4) is 0 Å². The van der Waals surface area contributed by atoms with Crippen molar-refractivity contribution < 1.29 is 28.5 Å². The zero-order valence-corrected chi connectivity index (χ0v) is 20.8. The van der Waals surface area contributed by atoms with Crippen molar-refractivity contribution in [3.05, 3.63) is 139 Å². The molecule has 0 amide bonds. The summed E-state index contributed by atoms with van der Waals surface area (Å²) in [5.74, 6) is 0.160. The van der Waals surface area contributed by atoms with Crippen LogP contribution in [-0.4, -0.2) is 11.5 Å². The first kappa shape index (κ1) is 22.9. The Kier molecular flexibility index (Phi) is 7.04. The minimum atomic E-state index is 0. The van der Waals surface area contributed by atoms with Crippen LogP contribution in [0.15, 0.2) is 127 Å². The number of halogens is 1. The number of benzene rings is 2. The van der Waals surface area contributed by atoms with E-state index in [-0.39, 0.29) is 29.9 Å². The molecule has 0 saturated heterocycles. The lowest BCUT2D eigenvalue weighted by atomic mass is 9.69. The number of rotatable bonds is 6. The number of hydrogen-bond donors (Lipinski definition) is 0. The average molecular weight is 543 g/mol. The molecule has 1 aliphatic carbocycles. The summed E-state index contributed by atoms with van der Waals surface area (Å²) in [6.45, 7) is 5.25. The quantitative estimate of drug-likeness (QED) is 0.276. The molecule has 2 aromatic heterocycles. The molecule has 0 N–H and O–H groups in total. The molecule has 2 aromatic carbocycles. The van der Waals surface area contributed by atoms with E-state index in [9.17, 15) is 0 Å². The number of hydrogen-bond acceptors (Lipinski definition) is 2. The first-order valence-corrected chi connectivity index (χ1v) is 10.9. The lowest BCUT2D eigenvalue weighted by molar-refractivity contribution is -0.679. The number of allylic oxidation sites excluding steroid dienone is 2. The van der Waals surface area contributed by atoms with Crippen molar-refractivity contribution in [2.45, 2.75) is 5.92 Å². The number of nitrogens with zero attached hydrogens (tertiary/aromatic N) is 3. The van der Waals surface area contributed by atoms with Gasteiger partial charge in [-0.3, -0.25) is 4.98 Å². The Labute approximate surface area is 212 Å². The summed E-state index contributed by atoms with van der Waals surface area (Å²) in [5.41, 5.74) is 8.21. The van der Waals surface area contributed by atoms with Gasteiger partial charge in [-0.15, -0.1) is 0 Å². The monoisotopic (exact) mass is 543 g/mol. The second-order valence-electron chi connectivity index (χ2n) is 8.07. The van der Waals surface area contributed by atoms with Crippen LogP contribution in [0.4, 0.5) is 11.4 Å². The summed E-state index contributed by atoms with van der Waals surface area (Å²) in [4.78, 5) is 7.04. The highest BCUT2D eigenvalue weighted by molar-refractivity contribution is 5.91. The summed E-state index contributed by atoms with van der Waals surface area (Å²) in [7, 11) is 2.10. The van der Waals surface area contributed by atoms with Gasteiger partial charge in [0.25, 0.3) is 0 Å². The molecule has 1 atom stereocenters. The van der Waals surface area contributed by atoms with Crippen LogP contribution in [0.25, 0.3) is 5.57 Å². The number of pyridine rings is 2. The molecule has 0 saturated carbocycles. The Morgan fingerprint density at radius 3 is 2.00 bits per heavy atom. The molecule has 33 heavy (non-hydrogen) atoms. The maximum atomic E-state index is 4.66. The molecule has 0 bridgehead atoms. The topological polar surface area (TPSA) is 20.0 Å². The first-order valence-electron chi connectivity index (χ1n) is 10.9. The summed E-state index contributed by atoms with van der Waals surface area (Å²) >= 11 is 0. The number of para-hydroxylation sites is 2. The minimum absolute atomic E-state index is 0. The molecule has 0 unspecified atom stereocenters. The van der Waals surface area contributed by atoms with Crippen molar-refractivity contribution in [1.29, 1.82) is 0 Å². The normalized spacial score (nSPS) is 14.9. The number of anilines is 2. The fraction of sp³-hybridized carbons (Fsp3) is 0.103. The van der Waals surface area contributed by atoms with Gasteiger partial charge in [-0.2, -0.15) is 0 Å². The molecular weight excluding hydrogens is 517 g/mol. The summed E-state index contributed by atoms with van der Waals surface area (Å²) in [5, 5.41) is 0. The van der Waals surface area contributed by atoms with Gasteiger partial charge in [0.2, 0.25) is 0 Å². The standard InChI is InChI=1S/C29H26N3.HI/c1-22-28(26-17-9-11-19-30-26)25(29(22)27-18-10-12-20-31(27)2)21-32(23-13-5-3-6-14-23)24-15-7-4-8-16-24;/h3-20,29H,1,21H2,2H3;1H/q+1;/p-1/t29-;/m1./s1. The highest BCUT2D eigenvalue weighted by Crippen LogP contribution is 2.50. The molecular formula is C29H26IN3. The van der Waals surface area contributed by atoms with Crippen molar-refractivity contribution in [1.82, 2.24) is 4.98 Å². The van der Waals surface area contributed by atoms with E-state index in [4.69, 9.17) is 0 Å². The van der Waals surface area contributed by atoms with E-state index in [0.717, 1.165) is 17.8 Å². The number of aryl methyl sites for hydroxylation is 1. The Bertz CT molecular complexity index is 1230. The molecule has 0 spiro atoms. The van der Waals surface area contributed by atoms with Gasteiger partial charge in [0.05, 0.1) is 11.6 Å². The van der Waals surface area contributed by atoms with Crippen LogP contribution in [0, 0.1) is 0 Å². The molecule has 5 rings (SSSR count). The lowest BCUT2D eigenvalue weighted by Crippen LogP contribution is -3.00. The largest absolute Gasteiger partial charge is 1.00 e. The van der Waals surface area contributed by atoms with E-state index in [1.807, 2.05) is 18.3 Å². The van der Waals surface area contributed by atoms with Crippen LogP contribution in [0.1, 0.15) is 17.3 Å². The van der Waals surface area contributed by atoms with Gasteiger partial charge < -0.3 is 28.9 Å². The fourth-order valence-corrected chi connectivity index (χ4v) is 4.55. The predicted octanol–water partition coefficient (Wildman–Crippen LogP) is 2.86. The molecule has 2 heterocycles. The maximum Gasteiger partial charge on any atom is 0.192 e. The SMILES string of the molecule is C=C1C(c2ccccn2)=C(CN(c2ccccc2)c2ccccc2)[C@@H]1c1cccc[n+]1C.[I-]. The lowest BCUT2D eigenvalue weighted by Gasteiger charge is -2.38. The average Bonchev–Trinajstić information content (AvgIpc) is 2.85. The third-order valence-corrected chi connectivity index (χ3v) is 6.12. The molecule has 1 aliphatic rings. The van der Waals surface area contributed by atoms with E-state index in [1.165, 1.54) is 28.2 Å². The third-order valence-electron chi connectivity index (χ3n) is 6.12. The fourth-order valence-electron chi connectivity index (χ4n) is 4.55. The second-order valence-corrected chi connectivity index (χ2v) is 8.07. The van der Waals surface area contributed by atoms with E-state index >= 15 is 0 Å². The smallest absolute Gasteiger partial charge is 0.192 e.